The molecule has 180 valence electrons. The minimum atomic E-state index is -0.408. The maximum absolute atomic E-state index is 14.7. The Bertz CT molecular complexity index is 1020. The molecule has 2 aromatic rings. The lowest BCUT2D eigenvalue weighted by Crippen LogP contribution is -2.47. The van der Waals surface area contributed by atoms with Crippen LogP contribution in [0.1, 0.15) is 42.9 Å². The predicted molar refractivity (Wildman–Crippen MR) is 133 cm³/mol. The van der Waals surface area contributed by atoms with Crippen molar-refractivity contribution in [3.8, 4) is 6.07 Å². The molecule has 3 rings (SSSR count). The molecule has 0 aromatic heterocycles. The van der Waals surface area contributed by atoms with E-state index in [9.17, 15) is 14.4 Å². The SMILES string of the molecule is COC(=O)C=Cc1ccc(N(Cc2cc(C#N)ccc2F)C2CCN(C(C)CCN)CC2)cc1. The van der Waals surface area contributed by atoms with Crippen LogP contribution in [0.3, 0.4) is 0 Å². The first-order chi connectivity index (χ1) is 16.4. The number of carbonyl (C=O) groups excluding carboxylic acids is 1. The number of likely N-dealkylation sites (tertiary alicyclic amines) is 1. The number of piperidine rings is 1. The third-order valence-electron chi connectivity index (χ3n) is 6.50. The van der Waals surface area contributed by atoms with Gasteiger partial charge in [0.2, 0.25) is 0 Å². The Morgan fingerprint density at radius 2 is 2.00 bits per heavy atom. The quantitative estimate of drug-likeness (QED) is 0.445. The smallest absolute Gasteiger partial charge is 0.330 e. The van der Waals surface area contributed by atoms with Gasteiger partial charge in [-0.3, -0.25) is 0 Å². The van der Waals surface area contributed by atoms with Crippen LogP contribution in [0, 0.1) is 17.1 Å². The van der Waals surface area contributed by atoms with Gasteiger partial charge in [0, 0.05) is 49.0 Å². The highest BCUT2D eigenvalue weighted by atomic mass is 19.1. The number of benzene rings is 2. The first-order valence-corrected chi connectivity index (χ1v) is 11.7. The summed E-state index contributed by atoms with van der Waals surface area (Å²) in [6.07, 6.45) is 5.97. The summed E-state index contributed by atoms with van der Waals surface area (Å²) in [4.78, 5) is 16.1. The second-order valence-electron chi connectivity index (χ2n) is 8.69. The summed E-state index contributed by atoms with van der Waals surface area (Å²) in [5.74, 6) is -0.718. The molecule has 1 heterocycles. The summed E-state index contributed by atoms with van der Waals surface area (Å²) < 4.78 is 19.3. The number of nitrogens with zero attached hydrogens (tertiary/aromatic N) is 3. The highest BCUT2D eigenvalue weighted by molar-refractivity contribution is 5.87. The van der Waals surface area contributed by atoms with Crippen LogP contribution in [-0.2, 0) is 16.1 Å². The summed E-state index contributed by atoms with van der Waals surface area (Å²) in [6.45, 7) is 5.19. The van der Waals surface area contributed by atoms with Crippen LogP contribution >= 0.6 is 0 Å². The second-order valence-corrected chi connectivity index (χ2v) is 8.69. The Morgan fingerprint density at radius 3 is 2.62 bits per heavy atom. The van der Waals surface area contributed by atoms with E-state index in [1.165, 1.54) is 25.3 Å². The summed E-state index contributed by atoms with van der Waals surface area (Å²) in [5, 5.41) is 9.28. The number of halogens is 1. The Kier molecular flexibility index (Phi) is 9.20. The lowest BCUT2D eigenvalue weighted by atomic mass is 9.98. The zero-order valence-corrected chi connectivity index (χ0v) is 19.9. The topological polar surface area (TPSA) is 82.6 Å². The number of carbonyl (C=O) groups is 1. The lowest BCUT2D eigenvalue weighted by molar-refractivity contribution is -0.134. The molecular formula is C27H33FN4O2. The van der Waals surface area contributed by atoms with E-state index in [4.69, 9.17) is 5.73 Å². The van der Waals surface area contributed by atoms with Crippen LogP contribution in [0.2, 0.25) is 0 Å². The average Bonchev–Trinajstić information content (AvgIpc) is 2.87. The van der Waals surface area contributed by atoms with E-state index in [1.807, 2.05) is 24.3 Å². The Balaban J connectivity index is 1.83. The molecule has 0 bridgehead atoms. The molecule has 2 aromatic carbocycles. The molecule has 1 aliphatic rings. The number of hydrogen-bond donors (Lipinski definition) is 1. The fourth-order valence-electron chi connectivity index (χ4n) is 4.45. The first-order valence-electron chi connectivity index (χ1n) is 11.7. The first kappa shape index (κ1) is 25.4. The monoisotopic (exact) mass is 464 g/mol. The number of anilines is 1. The maximum atomic E-state index is 14.7. The number of nitrogens with two attached hydrogens (primary N) is 1. The molecule has 1 aliphatic heterocycles. The highest BCUT2D eigenvalue weighted by Crippen LogP contribution is 2.28. The van der Waals surface area contributed by atoms with Crippen molar-refractivity contribution in [1.82, 2.24) is 4.90 Å². The van der Waals surface area contributed by atoms with Crippen molar-refractivity contribution in [3.63, 3.8) is 0 Å². The Morgan fingerprint density at radius 1 is 1.29 bits per heavy atom. The zero-order chi connectivity index (χ0) is 24.5. The van der Waals surface area contributed by atoms with Gasteiger partial charge in [0.15, 0.2) is 0 Å². The van der Waals surface area contributed by atoms with Crippen LogP contribution in [0.4, 0.5) is 10.1 Å². The fourth-order valence-corrected chi connectivity index (χ4v) is 4.45. The van der Waals surface area contributed by atoms with E-state index in [1.54, 1.807) is 12.1 Å². The number of hydrogen-bond acceptors (Lipinski definition) is 6. The van der Waals surface area contributed by atoms with Crippen LogP contribution in [0.5, 0.6) is 0 Å². The molecule has 1 atom stereocenters. The van der Waals surface area contributed by atoms with E-state index in [0.29, 0.717) is 30.3 Å². The van der Waals surface area contributed by atoms with Crippen molar-refractivity contribution >= 4 is 17.7 Å². The van der Waals surface area contributed by atoms with E-state index >= 15 is 0 Å². The van der Waals surface area contributed by atoms with Crippen LogP contribution in [0.15, 0.2) is 48.5 Å². The van der Waals surface area contributed by atoms with Crippen molar-refractivity contribution in [1.29, 1.82) is 5.26 Å². The molecule has 7 heteroatoms. The number of rotatable bonds is 9. The van der Waals surface area contributed by atoms with Gasteiger partial charge in [0.1, 0.15) is 5.82 Å². The van der Waals surface area contributed by atoms with Gasteiger partial charge in [0.25, 0.3) is 0 Å². The van der Waals surface area contributed by atoms with E-state index in [0.717, 1.165) is 43.6 Å². The standard InChI is InChI=1S/C27H33FN4O2/c1-20(11-14-29)31-15-12-25(13-16-31)32(19-23-17-22(18-30)5-9-26(23)28)24-7-3-21(4-8-24)6-10-27(33)34-2/h3-10,17,20,25H,11-16,19,29H2,1-2H3. The van der Waals surface area contributed by atoms with Gasteiger partial charge in [0.05, 0.1) is 18.7 Å². The van der Waals surface area contributed by atoms with Crippen molar-refractivity contribution in [2.24, 2.45) is 5.73 Å². The van der Waals surface area contributed by atoms with Gasteiger partial charge in [-0.1, -0.05) is 12.1 Å². The molecule has 0 amide bonds. The van der Waals surface area contributed by atoms with Gasteiger partial charge < -0.3 is 20.3 Å². The number of esters is 1. The Hall–Kier alpha value is -3.21. The molecule has 1 saturated heterocycles. The Labute approximate surface area is 201 Å². The van der Waals surface area contributed by atoms with E-state index in [2.05, 4.69) is 27.5 Å². The van der Waals surface area contributed by atoms with Crippen LogP contribution in [-0.4, -0.2) is 49.7 Å². The minimum Gasteiger partial charge on any atom is -0.466 e. The van der Waals surface area contributed by atoms with Crippen molar-refractivity contribution in [3.05, 3.63) is 71.0 Å². The second kappa shape index (κ2) is 12.3. The largest absolute Gasteiger partial charge is 0.466 e. The summed E-state index contributed by atoms with van der Waals surface area (Å²) in [6, 6.07) is 15.1. The van der Waals surface area contributed by atoms with Gasteiger partial charge in [-0.25, -0.2) is 9.18 Å². The average molecular weight is 465 g/mol. The number of ether oxygens (including phenoxy) is 1. The molecule has 0 saturated carbocycles. The minimum absolute atomic E-state index is 0.239. The molecule has 0 spiro atoms. The number of nitriles is 1. The van der Waals surface area contributed by atoms with Crippen molar-refractivity contribution in [2.75, 3.05) is 31.6 Å². The molecule has 6 nitrogen and oxygen atoms in total. The van der Waals surface area contributed by atoms with Crippen LogP contribution < -0.4 is 10.6 Å². The van der Waals surface area contributed by atoms with Gasteiger partial charge in [-0.05, 0) is 74.7 Å². The van der Waals surface area contributed by atoms with Crippen molar-refractivity contribution in [2.45, 2.75) is 44.8 Å². The summed E-state index contributed by atoms with van der Waals surface area (Å²) in [5.41, 5.74) is 8.55. The summed E-state index contributed by atoms with van der Waals surface area (Å²) >= 11 is 0. The fraction of sp³-hybridized carbons (Fsp3) is 0.407. The molecule has 34 heavy (non-hydrogen) atoms. The van der Waals surface area contributed by atoms with E-state index in [-0.39, 0.29) is 11.9 Å². The summed E-state index contributed by atoms with van der Waals surface area (Å²) in [7, 11) is 1.34. The van der Waals surface area contributed by atoms with Crippen LogP contribution in [0.25, 0.3) is 6.08 Å². The maximum Gasteiger partial charge on any atom is 0.330 e. The van der Waals surface area contributed by atoms with Gasteiger partial charge in [-0.2, -0.15) is 5.26 Å². The lowest BCUT2D eigenvalue weighted by Gasteiger charge is -2.42. The highest BCUT2D eigenvalue weighted by Gasteiger charge is 2.27. The normalized spacial score (nSPS) is 15.7. The molecule has 1 fully saturated rings. The molecule has 0 radical (unpaired) electrons. The van der Waals surface area contributed by atoms with E-state index < -0.39 is 5.97 Å². The molecule has 2 N–H and O–H groups in total. The molecule has 1 unspecified atom stereocenters. The van der Waals surface area contributed by atoms with Gasteiger partial charge in [-0.15, -0.1) is 0 Å². The molecule has 0 aliphatic carbocycles. The van der Waals surface area contributed by atoms with Crippen molar-refractivity contribution < 1.29 is 13.9 Å². The zero-order valence-electron chi connectivity index (χ0n) is 19.9. The molecular weight excluding hydrogens is 431 g/mol. The predicted octanol–water partition coefficient (Wildman–Crippen LogP) is 4.09. The third-order valence-corrected chi connectivity index (χ3v) is 6.50. The third kappa shape index (κ3) is 6.66. The number of methoxy groups -OCH3 is 1. The van der Waals surface area contributed by atoms with Gasteiger partial charge >= 0.3 is 5.97 Å².